The Morgan fingerprint density at radius 3 is 2.94 bits per heavy atom. The van der Waals surface area contributed by atoms with E-state index in [9.17, 15) is 10.0 Å². The fourth-order valence-corrected chi connectivity index (χ4v) is 2.64. The standard InChI is InChI=1S/C12H15BrN2O3/c1-18-11-3-2-7(5-10(11)13)9-4-8(9)6-15(17)12(14)16/h2-3,5,8-9,17H,4,6H2,1H3,(H2,14,16)/t8-,9-/m0/s1. The molecule has 0 aliphatic heterocycles. The van der Waals surface area contributed by atoms with Gasteiger partial charge < -0.3 is 10.5 Å². The summed E-state index contributed by atoms with van der Waals surface area (Å²) in [5.74, 6) is 1.42. The number of carbonyl (C=O) groups is 1. The maximum atomic E-state index is 10.7. The number of benzene rings is 1. The van der Waals surface area contributed by atoms with Crippen molar-refractivity contribution >= 4 is 22.0 Å². The molecule has 6 heteroatoms. The Morgan fingerprint density at radius 2 is 2.39 bits per heavy atom. The lowest BCUT2D eigenvalue weighted by Crippen LogP contribution is -2.34. The van der Waals surface area contributed by atoms with Gasteiger partial charge in [-0.15, -0.1) is 0 Å². The molecule has 3 N–H and O–H groups in total. The average molecular weight is 315 g/mol. The first kappa shape index (κ1) is 13.2. The van der Waals surface area contributed by atoms with E-state index < -0.39 is 6.03 Å². The number of methoxy groups -OCH3 is 1. The predicted molar refractivity (Wildman–Crippen MR) is 69.6 cm³/mol. The summed E-state index contributed by atoms with van der Waals surface area (Å²) in [5, 5.41) is 9.84. The number of carbonyl (C=O) groups excluding carboxylic acids is 1. The van der Waals surface area contributed by atoms with Crippen molar-refractivity contribution in [3.05, 3.63) is 28.2 Å². The summed E-state index contributed by atoms with van der Waals surface area (Å²) in [7, 11) is 1.62. The topological polar surface area (TPSA) is 75.8 Å². The Hall–Kier alpha value is -1.27. The zero-order valence-corrected chi connectivity index (χ0v) is 11.6. The van der Waals surface area contributed by atoms with Gasteiger partial charge in [0.2, 0.25) is 0 Å². The summed E-state index contributed by atoms with van der Waals surface area (Å²) >= 11 is 3.44. The summed E-state index contributed by atoms with van der Waals surface area (Å²) in [4.78, 5) is 10.7. The third kappa shape index (κ3) is 2.76. The third-order valence-electron chi connectivity index (χ3n) is 3.19. The van der Waals surface area contributed by atoms with Crippen LogP contribution in [0.1, 0.15) is 17.9 Å². The lowest BCUT2D eigenvalue weighted by Gasteiger charge is -2.11. The lowest BCUT2D eigenvalue weighted by molar-refractivity contribution is -0.0431. The molecule has 1 aromatic rings. The molecule has 98 valence electrons. The molecule has 0 radical (unpaired) electrons. The van der Waals surface area contributed by atoms with Gasteiger partial charge in [0.15, 0.2) is 0 Å². The SMILES string of the molecule is COc1ccc([C@@H]2C[C@H]2CN(O)C(N)=O)cc1Br. The minimum absolute atomic E-state index is 0.266. The van der Waals surface area contributed by atoms with Crippen molar-refractivity contribution in [3.8, 4) is 5.75 Å². The van der Waals surface area contributed by atoms with E-state index in [2.05, 4.69) is 15.9 Å². The second-order valence-corrected chi connectivity index (χ2v) is 5.27. The van der Waals surface area contributed by atoms with Crippen LogP contribution in [0.2, 0.25) is 0 Å². The first-order chi connectivity index (χ1) is 8.52. The van der Waals surface area contributed by atoms with Crippen LogP contribution in [-0.2, 0) is 0 Å². The Morgan fingerprint density at radius 1 is 1.67 bits per heavy atom. The number of hydroxylamine groups is 2. The van der Waals surface area contributed by atoms with E-state index in [0.29, 0.717) is 11.0 Å². The molecule has 0 saturated heterocycles. The first-order valence-electron chi connectivity index (χ1n) is 5.62. The van der Waals surface area contributed by atoms with Gasteiger partial charge in [0.25, 0.3) is 0 Å². The Kier molecular flexibility index (Phi) is 3.77. The van der Waals surface area contributed by atoms with Crippen molar-refractivity contribution in [1.29, 1.82) is 0 Å². The Labute approximate surface area is 114 Å². The van der Waals surface area contributed by atoms with Gasteiger partial charge in [0.1, 0.15) is 5.75 Å². The quantitative estimate of drug-likeness (QED) is 0.661. The number of primary amides is 1. The molecule has 0 unspecified atom stereocenters. The molecule has 5 nitrogen and oxygen atoms in total. The summed E-state index contributed by atoms with van der Waals surface area (Å²) in [6, 6.07) is 5.10. The molecule has 2 rings (SSSR count). The van der Waals surface area contributed by atoms with Gasteiger partial charge in [0.05, 0.1) is 18.1 Å². The van der Waals surface area contributed by atoms with Crippen LogP contribution in [-0.4, -0.2) is 30.0 Å². The number of ether oxygens (including phenoxy) is 1. The smallest absolute Gasteiger partial charge is 0.338 e. The van der Waals surface area contributed by atoms with E-state index in [-0.39, 0.29) is 12.5 Å². The van der Waals surface area contributed by atoms with Crippen molar-refractivity contribution in [2.45, 2.75) is 12.3 Å². The van der Waals surface area contributed by atoms with Crippen LogP contribution in [0.5, 0.6) is 5.75 Å². The van der Waals surface area contributed by atoms with Crippen molar-refractivity contribution in [2.75, 3.05) is 13.7 Å². The molecule has 2 amide bonds. The first-order valence-corrected chi connectivity index (χ1v) is 6.41. The molecular formula is C12H15BrN2O3. The largest absolute Gasteiger partial charge is 0.496 e. The highest BCUT2D eigenvalue weighted by Crippen LogP contribution is 2.48. The fourth-order valence-electron chi connectivity index (χ4n) is 2.08. The fraction of sp³-hybridized carbons (Fsp3) is 0.417. The number of nitrogens with zero attached hydrogens (tertiary/aromatic N) is 1. The van der Waals surface area contributed by atoms with Gasteiger partial charge >= 0.3 is 6.03 Å². The lowest BCUT2D eigenvalue weighted by atomic mass is 10.1. The van der Waals surface area contributed by atoms with Crippen LogP contribution in [0.15, 0.2) is 22.7 Å². The minimum Gasteiger partial charge on any atom is -0.496 e. The highest BCUT2D eigenvalue weighted by Gasteiger charge is 2.40. The number of halogens is 1. The number of hydrogen-bond donors (Lipinski definition) is 2. The van der Waals surface area contributed by atoms with Gasteiger partial charge in [-0.25, -0.2) is 9.86 Å². The van der Waals surface area contributed by atoms with Gasteiger partial charge in [-0.3, -0.25) is 5.21 Å². The molecular weight excluding hydrogens is 300 g/mol. The molecule has 0 spiro atoms. The third-order valence-corrected chi connectivity index (χ3v) is 3.81. The number of hydrogen-bond acceptors (Lipinski definition) is 3. The highest BCUT2D eigenvalue weighted by atomic mass is 79.9. The van der Waals surface area contributed by atoms with Crippen LogP contribution in [0, 0.1) is 5.92 Å². The molecule has 1 aliphatic rings. The molecule has 1 aromatic carbocycles. The number of urea groups is 1. The number of nitrogens with two attached hydrogens (primary N) is 1. The van der Waals surface area contributed by atoms with Crippen LogP contribution in [0.25, 0.3) is 0 Å². The molecule has 18 heavy (non-hydrogen) atoms. The van der Waals surface area contributed by atoms with Crippen molar-refractivity contribution in [1.82, 2.24) is 5.06 Å². The molecule has 1 aliphatic carbocycles. The van der Waals surface area contributed by atoms with E-state index in [1.807, 2.05) is 18.2 Å². The Bertz CT molecular complexity index is 467. The zero-order chi connectivity index (χ0) is 13.3. The minimum atomic E-state index is -0.809. The highest BCUT2D eigenvalue weighted by molar-refractivity contribution is 9.10. The van der Waals surface area contributed by atoms with Gasteiger partial charge in [-0.2, -0.15) is 0 Å². The van der Waals surface area contributed by atoms with Crippen molar-refractivity contribution < 1.29 is 14.7 Å². The normalized spacial score (nSPS) is 21.5. The Balaban J connectivity index is 1.99. The van der Waals surface area contributed by atoms with E-state index >= 15 is 0 Å². The maximum Gasteiger partial charge on any atom is 0.338 e. The monoisotopic (exact) mass is 314 g/mol. The van der Waals surface area contributed by atoms with Gasteiger partial charge in [0, 0.05) is 0 Å². The van der Waals surface area contributed by atoms with Gasteiger partial charge in [-0.05, 0) is 51.9 Å². The summed E-state index contributed by atoms with van der Waals surface area (Å²) in [6.07, 6.45) is 0.948. The molecule has 1 fully saturated rings. The number of rotatable bonds is 4. The van der Waals surface area contributed by atoms with Crippen LogP contribution >= 0.6 is 15.9 Å². The summed E-state index contributed by atoms with van der Waals surface area (Å²) < 4.78 is 6.07. The van der Waals surface area contributed by atoms with E-state index in [4.69, 9.17) is 10.5 Å². The molecule has 2 atom stereocenters. The maximum absolute atomic E-state index is 10.7. The number of amides is 2. The summed E-state index contributed by atoms with van der Waals surface area (Å²) in [6.45, 7) is 0.281. The van der Waals surface area contributed by atoms with Crippen LogP contribution < -0.4 is 10.5 Å². The van der Waals surface area contributed by atoms with Crippen LogP contribution in [0.4, 0.5) is 4.79 Å². The van der Waals surface area contributed by atoms with Gasteiger partial charge in [-0.1, -0.05) is 6.07 Å². The zero-order valence-electron chi connectivity index (χ0n) is 9.97. The van der Waals surface area contributed by atoms with E-state index in [1.54, 1.807) is 7.11 Å². The van der Waals surface area contributed by atoms with E-state index in [0.717, 1.165) is 16.6 Å². The molecule has 1 saturated carbocycles. The predicted octanol–water partition coefficient (Wildman–Crippen LogP) is 2.33. The summed E-state index contributed by atoms with van der Waals surface area (Å²) in [5.41, 5.74) is 6.14. The molecule has 0 heterocycles. The second kappa shape index (κ2) is 5.16. The van der Waals surface area contributed by atoms with Crippen molar-refractivity contribution in [2.24, 2.45) is 11.7 Å². The second-order valence-electron chi connectivity index (χ2n) is 4.42. The van der Waals surface area contributed by atoms with E-state index in [1.165, 1.54) is 5.56 Å². The average Bonchev–Trinajstić information content (AvgIpc) is 3.08. The van der Waals surface area contributed by atoms with Crippen LogP contribution in [0.3, 0.4) is 0 Å². The molecule has 0 aromatic heterocycles. The molecule has 0 bridgehead atoms. The van der Waals surface area contributed by atoms with Crippen molar-refractivity contribution in [3.63, 3.8) is 0 Å².